The Hall–Kier alpha value is -3.48. The first-order chi connectivity index (χ1) is 12.7. The number of hydrogen-bond acceptors (Lipinski definition) is 5. The average Bonchev–Trinajstić information content (AvgIpc) is 3.11. The van der Waals surface area contributed by atoms with Crippen LogP contribution in [-0.2, 0) is 4.79 Å². The quantitative estimate of drug-likeness (QED) is 0.505. The van der Waals surface area contributed by atoms with E-state index in [0.29, 0.717) is 24.7 Å². The van der Waals surface area contributed by atoms with E-state index in [1.807, 2.05) is 55.6 Å². The zero-order valence-corrected chi connectivity index (χ0v) is 14.5. The van der Waals surface area contributed by atoms with Crippen molar-refractivity contribution in [2.24, 2.45) is 0 Å². The number of benzene rings is 1. The van der Waals surface area contributed by atoms with Gasteiger partial charge >= 0.3 is 0 Å². The van der Waals surface area contributed by atoms with Gasteiger partial charge in [-0.05, 0) is 24.6 Å². The van der Waals surface area contributed by atoms with E-state index >= 15 is 0 Å². The monoisotopic (exact) mass is 348 g/mol. The van der Waals surface area contributed by atoms with Gasteiger partial charge in [0, 0.05) is 31.4 Å². The molecule has 7 heteroatoms. The Labute approximate surface area is 151 Å². The fraction of sp³-hybridized carbons (Fsp3) is 0.158. The fourth-order valence-corrected chi connectivity index (χ4v) is 2.28. The molecule has 2 N–H and O–H groups in total. The number of nitrogens with one attached hydrogen (secondary N) is 2. The molecule has 0 saturated carbocycles. The molecule has 7 nitrogen and oxygen atoms in total. The van der Waals surface area contributed by atoms with Crippen LogP contribution in [0, 0.1) is 6.92 Å². The molecule has 1 amide bonds. The summed E-state index contributed by atoms with van der Waals surface area (Å²) in [6.07, 6.45) is 6.64. The van der Waals surface area contributed by atoms with Crippen LogP contribution in [0.15, 0.2) is 61.1 Å². The van der Waals surface area contributed by atoms with Crippen LogP contribution in [0.4, 0.5) is 5.82 Å². The maximum absolute atomic E-state index is 11.8. The van der Waals surface area contributed by atoms with Crippen molar-refractivity contribution < 1.29 is 4.79 Å². The second-order valence-corrected chi connectivity index (χ2v) is 5.62. The molecular formula is C19H20N6O. The van der Waals surface area contributed by atoms with Crippen LogP contribution >= 0.6 is 0 Å². The molecule has 0 aliphatic heterocycles. The van der Waals surface area contributed by atoms with Gasteiger partial charge in [0.1, 0.15) is 12.1 Å². The van der Waals surface area contributed by atoms with Crippen LogP contribution in [0.25, 0.3) is 11.9 Å². The first-order valence-corrected chi connectivity index (χ1v) is 8.30. The molecule has 1 aromatic carbocycles. The van der Waals surface area contributed by atoms with Gasteiger partial charge in [0.05, 0.1) is 5.69 Å². The summed E-state index contributed by atoms with van der Waals surface area (Å²) in [6, 6.07) is 13.4. The van der Waals surface area contributed by atoms with E-state index in [2.05, 4.69) is 25.7 Å². The first kappa shape index (κ1) is 17.3. The Morgan fingerprint density at radius 1 is 1.15 bits per heavy atom. The zero-order valence-electron chi connectivity index (χ0n) is 14.5. The van der Waals surface area contributed by atoms with Gasteiger partial charge in [-0.1, -0.05) is 30.3 Å². The number of aryl methyl sites for hydroxylation is 1. The van der Waals surface area contributed by atoms with E-state index < -0.39 is 0 Å². The standard InChI is InChI=1S/C19H20N6O/c1-15-9-12-25(24-15)18-13-17(22-14-23-18)20-10-11-21-19(26)8-7-16-5-3-2-4-6-16/h2-9,12-14H,10-11H2,1H3,(H,21,26)(H,20,22,23)/b8-7+. The molecule has 3 aromatic rings. The van der Waals surface area contributed by atoms with E-state index in [1.165, 1.54) is 12.4 Å². The van der Waals surface area contributed by atoms with Crippen molar-refractivity contribution in [3.63, 3.8) is 0 Å². The Morgan fingerprint density at radius 2 is 2.00 bits per heavy atom. The lowest BCUT2D eigenvalue weighted by Gasteiger charge is -2.07. The highest BCUT2D eigenvalue weighted by Crippen LogP contribution is 2.08. The zero-order chi connectivity index (χ0) is 18.2. The van der Waals surface area contributed by atoms with Gasteiger partial charge in [0.15, 0.2) is 5.82 Å². The van der Waals surface area contributed by atoms with Gasteiger partial charge in [0.2, 0.25) is 5.91 Å². The van der Waals surface area contributed by atoms with E-state index in [4.69, 9.17) is 0 Å². The summed E-state index contributed by atoms with van der Waals surface area (Å²) in [6.45, 7) is 2.96. The largest absolute Gasteiger partial charge is 0.368 e. The molecule has 0 radical (unpaired) electrons. The predicted octanol–water partition coefficient (Wildman–Crippen LogP) is 2.21. The Kier molecular flexibility index (Phi) is 5.72. The number of rotatable bonds is 7. The Bertz CT molecular complexity index is 888. The minimum Gasteiger partial charge on any atom is -0.368 e. The van der Waals surface area contributed by atoms with Crippen LogP contribution in [0.3, 0.4) is 0 Å². The van der Waals surface area contributed by atoms with Crippen molar-refractivity contribution >= 4 is 17.8 Å². The number of carbonyl (C=O) groups excluding carboxylic acids is 1. The van der Waals surface area contributed by atoms with E-state index in [9.17, 15) is 4.79 Å². The highest BCUT2D eigenvalue weighted by atomic mass is 16.1. The van der Waals surface area contributed by atoms with Crippen LogP contribution in [0.1, 0.15) is 11.3 Å². The molecule has 0 unspecified atom stereocenters. The highest BCUT2D eigenvalue weighted by Gasteiger charge is 2.02. The third-order valence-corrected chi connectivity index (χ3v) is 3.57. The van der Waals surface area contributed by atoms with Crippen LogP contribution in [0.5, 0.6) is 0 Å². The SMILES string of the molecule is Cc1ccn(-c2cc(NCCNC(=O)/C=C/c3ccccc3)ncn2)n1. The summed E-state index contributed by atoms with van der Waals surface area (Å²) in [5.74, 6) is 1.23. The normalized spacial score (nSPS) is 10.8. The molecule has 26 heavy (non-hydrogen) atoms. The molecule has 0 spiro atoms. The molecule has 0 fully saturated rings. The third kappa shape index (κ3) is 5.01. The summed E-state index contributed by atoms with van der Waals surface area (Å²) in [7, 11) is 0. The van der Waals surface area contributed by atoms with Crippen LogP contribution < -0.4 is 10.6 Å². The number of amides is 1. The number of carbonyl (C=O) groups is 1. The van der Waals surface area contributed by atoms with Crippen LogP contribution in [-0.4, -0.2) is 38.7 Å². The van der Waals surface area contributed by atoms with Crippen molar-refractivity contribution in [2.45, 2.75) is 6.92 Å². The molecule has 132 valence electrons. The lowest BCUT2D eigenvalue weighted by atomic mass is 10.2. The number of nitrogens with zero attached hydrogens (tertiary/aromatic N) is 4. The Morgan fingerprint density at radius 3 is 2.77 bits per heavy atom. The number of anilines is 1. The molecule has 3 rings (SSSR count). The molecule has 0 aliphatic carbocycles. The summed E-state index contributed by atoms with van der Waals surface area (Å²) in [5.41, 5.74) is 1.91. The number of hydrogen-bond donors (Lipinski definition) is 2. The van der Waals surface area contributed by atoms with Gasteiger partial charge in [0.25, 0.3) is 0 Å². The summed E-state index contributed by atoms with van der Waals surface area (Å²) in [4.78, 5) is 20.2. The highest BCUT2D eigenvalue weighted by molar-refractivity contribution is 5.91. The van der Waals surface area contributed by atoms with E-state index in [1.54, 1.807) is 10.8 Å². The minimum atomic E-state index is -0.133. The maximum atomic E-state index is 11.8. The van der Waals surface area contributed by atoms with Crippen molar-refractivity contribution in [1.29, 1.82) is 0 Å². The van der Waals surface area contributed by atoms with E-state index in [0.717, 1.165) is 11.3 Å². The van der Waals surface area contributed by atoms with Crippen molar-refractivity contribution in [3.05, 3.63) is 72.3 Å². The smallest absolute Gasteiger partial charge is 0.244 e. The third-order valence-electron chi connectivity index (χ3n) is 3.57. The first-order valence-electron chi connectivity index (χ1n) is 8.30. The van der Waals surface area contributed by atoms with Gasteiger partial charge in [-0.15, -0.1) is 0 Å². The topological polar surface area (TPSA) is 84.7 Å². The second kappa shape index (κ2) is 8.57. The maximum Gasteiger partial charge on any atom is 0.244 e. The average molecular weight is 348 g/mol. The second-order valence-electron chi connectivity index (χ2n) is 5.62. The molecule has 0 aliphatic rings. The van der Waals surface area contributed by atoms with Crippen molar-refractivity contribution in [3.8, 4) is 5.82 Å². The predicted molar refractivity (Wildman–Crippen MR) is 101 cm³/mol. The van der Waals surface area contributed by atoms with Gasteiger partial charge < -0.3 is 10.6 Å². The molecule has 0 saturated heterocycles. The molecule has 2 aromatic heterocycles. The molecule has 0 bridgehead atoms. The van der Waals surface area contributed by atoms with Gasteiger partial charge in [-0.2, -0.15) is 5.10 Å². The molecule has 0 atom stereocenters. The Balaban J connectivity index is 1.45. The molecular weight excluding hydrogens is 328 g/mol. The fourth-order valence-electron chi connectivity index (χ4n) is 2.28. The van der Waals surface area contributed by atoms with Gasteiger partial charge in [-0.3, -0.25) is 4.79 Å². The molecule has 2 heterocycles. The van der Waals surface area contributed by atoms with Crippen molar-refractivity contribution in [2.75, 3.05) is 18.4 Å². The van der Waals surface area contributed by atoms with E-state index in [-0.39, 0.29) is 5.91 Å². The summed E-state index contributed by atoms with van der Waals surface area (Å²) < 4.78 is 1.69. The lowest BCUT2D eigenvalue weighted by molar-refractivity contribution is -0.116. The van der Waals surface area contributed by atoms with Crippen molar-refractivity contribution in [1.82, 2.24) is 25.1 Å². The minimum absolute atomic E-state index is 0.133. The summed E-state index contributed by atoms with van der Waals surface area (Å²) in [5, 5.41) is 10.3. The van der Waals surface area contributed by atoms with Crippen LogP contribution in [0.2, 0.25) is 0 Å². The summed E-state index contributed by atoms with van der Waals surface area (Å²) >= 11 is 0. The lowest BCUT2D eigenvalue weighted by Crippen LogP contribution is -2.27. The van der Waals surface area contributed by atoms with Gasteiger partial charge in [-0.25, -0.2) is 14.6 Å². The number of aromatic nitrogens is 4.